The quantitative estimate of drug-likeness (QED) is 0.929. The first-order valence-electron chi connectivity index (χ1n) is 6.75. The van der Waals surface area contributed by atoms with Crippen LogP contribution in [0, 0.1) is 5.92 Å². The number of hydrogen-bond acceptors (Lipinski definition) is 2. The van der Waals surface area contributed by atoms with Crippen molar-refractivity contribution in [2.75, 3.05) is 0 Å². The Bertz CT molecular complexity index is 530. The summed E-state index contributed by atoms with van der Waals surface area (Å²) in [5, 5.41) is 3.42. The molecule has 1 N–H and O–H groups in total. The van der Waals surface area contributed by atoms with Gasteiger partial charge in [0.05, 0.1) is 0 Å². The van der Waals surface area contributed by atoms with Gasteiger partial charge in [-0.3, -0.25) is 9.59 Å². The van der Waals surface area contributed by atoms with Crippen LogP contribution in [-0.4, -0.2) is 28.8 Å². The minimum Gasteiger partial charge on any atom is -0.342 e. The topological polar surface area (TPSA) is 49.4 Å². The average Bonchev–Trinajstić information content (AvgIpc) is 2.38. The molecule has 0 aliphatic carbocycles. The van der Waals surface area contributed by atoms with Crippen molar-refractivity contribution in [1.29, 1.82) is 0 Å². The Hall–Kier alpha value is -1.55. The molecule has 1 aromatic carbocycles. The highest BCUT2D eigenvalue weighted by atomic mass is 35.5. The molecule has 0 radical (unpaired) electrons. The molecule has 2 rings (SSSR count). The summed E-state index contributed by atoms with van der Waals surface area (Å²) in [6, 6.07) is 6.45. The van der Waals surface area contributed by atoms with Crippen molar-refractivity contribution >= 4 is 23.4 Å². The maximum Gasteiger partial charge on any atom is 0.246 e. The number of piperazine rings is 1. The predicted molar refractivity (Wildman–Crippen MR) is 78.2 cm³/mol. The van der Waals surface area contributed by atoms with Crippen LogP contribution in [0.5, 0.6) is 0 Å². The lowest BCUT2D eigenvalue weighted by Gasteiger charge is -2.38. The monoisotopic (exact) mass is 294 g/mol. The van der Waals surface area contributed by atoms with Crippen molar-refractivity contribution < 1.29 is 9.59 Å². The number of carbonyl (C=O) groups is 2. The number of carbonyl (C=O) groups excluding carboxylic acids is 2. The largest absolute Gasteiger partial charge is 0.342 e. The first-order valence-corrected chi connectivity index (χ1v) is 7.13. The second kappa shape index (κ2) is 5.83. The summed E-state index contributed by atoms with van der Waals surface area (Å²) in [4.78, 5) is 26.1. The molecule has 0 bridgehead atoms. The number of nitrogens with one attached hydrogen (secondary N) is 1. The normalized spacial score (nSPS) is 23.1. The summed E-state index contributed by atoms with van der Waals surface area (Å²) in [6.45, 7) is 6.00. The van der Waals surface area contributed by atoms with Gasteiger partial charge in [0.15, 0.2) is 0 Å². The molecule has 1 heterocycles. The van der Waals surface area contributed by atoms with Crippen LogP contribution >= 0.6 is 11.6 Å². The van der Waals surface area contributed by atoms with E-state index in [1.54, 1.807) is 17.9 Å². The van der Waals surface area contributed by atoms with Crippen molar-refractivity contribution in [3.8, 4) is 0 Å². The summed E-state index contributed by atoms with van der Waals surface area (Å²) in [5.41, 5.74) is 0.926. The van der Waals surface area contributed by atoms with E-state index in [9.17, 15) is 9.59 Å². The van der Waals surface area contributed by atoms with Gasteiger partial charge in [-0.15, -0.1) is 0 Å². The van der Waals surface area contributed by atoms with E-state index in [1.807, 2.05) is 32.0 Å². The van der Waals surface area contributed by atoms with Crippen molar-refractivity contribution in [2.24, 2.45) is 5.92 Å². The zero-order valence-corrected chi connectivity index (χ0v) is 12.6. The van der Waals surface area contributed by atoms with Crippen molar-refractivity contribution in [2.45, 2.75) is 39.4 Å². The molecule has 0 saturated carbocycles. The van der Waals surface area contributed by atoms with E-state index in [1.165, 1.54) is 0 Å². The SMILES string of the molecule is CC(C)C1NC(=O)C(C)N(Cc2cccc(Cl)c2)C1=O. The molecule has 2 atom stereocenters. The lowest BCUT2D eigenvalue weighted by atomic mass is 9.98. The van der Waals surface area contributed by atoms with Crippen LogP contribution < -0.4 is 5.32 Å². The van der Waals surface area contributed by atoms with Crippen LogP contribution in [-0.2, 0) is 16.1 Å². The van der Waals surface area contributed by atoms with E-state index < -0.39 is 12.1 Å². The van der Waals surface area contributed by atoms with Gasteiger partial charge in [-0.1, -0.05) is 37.6 Å². The standard InChI is InChI=1S/C15H19ClN2O2/c1-9(2)13-15(20)18(10(3)14(19)17-13)8-11-5-4-6-12(16)7-11/h4-7,9-10,13H,8H2,1-3H3,(H,17,19). The van der Waals surface area contributed by atoms with Gasteiger partial charge in [0.25, 0.3) is 0 Å². The second-order valence-corrected chi connectivity index (χ2v) is 5.94. The molecule has 2 unspecified atom stereocenters. The Kier molecular flexibility index (Phi) is 4.33. The zero-order valence-electron chi connectivity index (χ0n) is 11.9. The molecule has 1 saturated heterocycles. The lowest BCUT2D eigenvalue weighted by Crippen LogP contribution is -2.63. The highest BCUT2D eigenvalue weighted by molar-refractivity contribution is 6.30. The van der Waals surface area contributed by atoms with Gasteiger partial charge in [-0.2, -0.15) is 0 Å². The van der Waals surface area contributed by atoms with E-state index >= 15 is 0 Å². The Morgan fingerprint density at radius 3 is 2.65 bits per heavy atom. The van der Waals surface area contributed by atoms with E-state index in [-0.39, 0.29) is 17.7 Å². The summed E-state index contributed by atoms with van der Waals surface area (Å²) in [6.07, 6.45) is 0. The maximum absolute atomic E-state index is 12.5. The first kappa shape index (κ1) is 14.9. The van der Waals surface area contributed by atoms with Crippen LogP contribution in [0.4, 0.5) is 0 Å². The van der Waals surface area contributed by atoms with Gasteiger partial charge >= 0.3 is 0 Å². The molecule has 108 valence electrons. The van der Waals surface area contributed by atoms with Crippen molar-refractivity contribution in [3.05, 3.63) is 34.9 Å². The van der Waals surface area contributed by atoms with Gasteiger partial charge in [0.2, 0.25) is 11.8 Å². The van der Waals surface area contributed by atoms with Crippen molar-refractivity contribution in [1.82, 2.24) is 10.2 Å². The smallest absolute Gasteiger partial charge is 0.246 e. The first-order chi connectivity index (χ1) is 9.40. The highest BCUT2D eigenvalue weighted by Gasteiger charge is 2.39. The van der Waals surface area contributed by atoms with Gasteiger partial charge < -0.3 is 10.2 Å². The minimum absolute atomic E-state index is 0.0351. The Morgan fingerprint density at radius 1 is 1.35 bits per heavy atom. The van der Waals surface area contributed by atoms with Crippen LogP contribution in [0.15, 0.2) is 24.3 Å². The van der Waals surface area contributed by atoms with Crippen LogP contribution in [0.25, 0.3) is 0 Å². The Balaban J connectivity index is 2.23. The minimum atomic E-state index is -0.462. The van der Waals surface area contributed by atoms with Crippen LogP contribution in [0.1, 0.15) is 26.3 Å². The maximum atomic E-state index is 12.5. The molecule has 1 aromatic rings. The zero-order chi connectivity index (χ0) is 14.9. The van der Waals surface area contributed by atoms with E-state index in [4.69, 9.17) is 11.6 Å². The van der Waals surface area contributed by atoms with E-state index in [2.05, 4.69) is 5.32 Å². The number of hydrogen-bond donors (Lipinski definition) is 1. The molecule has 1 aliphatic rings. The van der Waals surface area contributed by atoms with Gasteiger partial charge in [-0.05, 0) is 30.5 Å². The van der Waals surface area contributed by atoms with Crippen molar-refractivity contribution in [3.63, 3.8) is 0 Å². The lowest BCUT2D eigenvalue weighted by molar-refractivity contribution is -0.150. The Morgan fingerprint density at radius 2 is 2.05 bits per heavy atom. The molecule has 0 spiro atoms. The third kappa shape index (κ3) is 2.96. The van der Waals surface area contributed by atoms with Crippen LogP contribution in [0.2, 0.25) is 5.02 Å². The molecule has 4 nitrogen and oxygen atoms in total. The summed E-state index contributed by atoms with van der Waals surface area (Å²) in [5.74, 6) is -0.0711. The number of rotatable bonds is 3. The molecular formula is C15H19ClN2O2. The number of amides is 2. The number of benzene rings is 1. The third-order valence-electron chi connectivity index (χ3n) is 3.60. The molecule has 2 amide bonds. The fourth-order valence-corrected chi connectivity index (χ4v) is 2.56. The number of halogens is 1. The third-order valence-corrected chi connectivity index (χ3v) is 3.84. The Labute approximate surface area is 124 Å². The highest BCUT2D eigenvalue weighted by Crippen LogP contribution is 2.19. The molecular weight excluding hydrogens is 276 g/mol. The predicted octanol–water partition coefficient (Wildman–Crippen LogP) is 2.21. The second-order valence-electron chi connectivity index (χ2n) is 5.50. The summed E-state index contributed by atoms with van der Waals surface area (Å²) >= 11 is 5.96. The molecule has 20 heavy (non-hydrogen) atoms. The van der Waals surface area contributed by atoms with Crippen LogP contribution in [0.3, 0.4) is 0 Å². The van der Waals surface area contributed by atoms with E-state index in [0.29, 0.717) is 11.6 Å². The summed E-state index contributed by atoms with van der Waals surface area (Å²) < 4.78 is 0. The fourth-order valence-electron chi connectivity index (χ4n) is 2.35. The van der Waals surface area contributed by atoms with Gasteiger partial charge in [0.1, 0.15) is 12.1 Å². The average molecular weight is 295 g/mol. The number of nitrogens with zero attached hydrogens (tertiary/aromatic N) is 1. The fraction of sp³-hybridized carbons (Fsp3) is 0.467. The van der Waals surface area contributed by atoms with Gasteiger partial charge in [0, 0.05) is 11.6 Å². The van der Waals surface area contributed by atoms with E-state index in [0.717, 1.165) is 5.56 Å². The molecule has 1 fully saturated rings. The summed E-state index contributed by atoms with van der Waals surface area (Å²) in [7, 11) is 0. The molecule has 5 heteroatoms. The van der Waals surface area contributed by atoms with Gasteiger partial charge in [-0.25, -0.2) is 0 Å². The molecule has 0 aromatic heterocycles. The molecule has 1 aliphatic heterocycles.